The van der Waals surface area contributed by atoms with Crippen LogP contribution in [-0.2, 0) is 10.0 Å². The number of nitrogens with one attached hydrogen (secondary N) is 1. The Morgan fingerprint density at radius 3 is 2.38 bits per heavy atom. The van der Waals surface area contributed by atoms with Crippen molar-refractivity contribution in [2.24, 2.45) is 5.92 Å². The molecule has 1 aliphatic rings. The molecule has 26 heavy (non-hydrogen) atoms. The van der Waals surface area contributed by atoms with Gasteiger partial charge in [0, 0.05) is 12.0 Å². The molecule has 142 valence electrons. The summed E-state index contributed by atoms with van der Waals surface area (Å²) < 4.78 is 38.0. The number of methoxy groups -OCH3 is 1. The predicted octanol–water partition coefficient (Wildman–Crippen LogP) is 3.73. The molecule has 2 aromatic carbocycles. The van der Waals surface area contributed by atoms with Crippen LogP contribution in [0.5, 0.6) is 11.5 Å². The van der Waals surface area contributed by atoms with Crippen molar-refractivity contribution < 1.29 is 17.9 Å². The standard InChI is InChI=1S/C20H27NO4S/c1-3-26(22,23)21-20-7-5-4-6-17(20)14-25-19-11-9-15-12-18(24-2)10-8-16(15)13-19/h8-13,17,20-21H,3-7,14H2,1-2H3/t17-,20+/m1/s1. The average molecular weight is 378 g/mol. The quantitative estimate of drug-likeness (QED) is 0.799. The first-order valence-electron chi connectivity index (χ1n) is 9.21. The molecule has 0 saturated heterocycles. The Labute approximate surface area is 155 Å². The van der Waals surface area contributed by atoms with E-state index in [9.17, 15) is 8.42 Å². The van der Waals surface area contributed by atoms with E-state index in [1.165, 1.54) is 0 Å². The van der Waals surface area contributed by atoms with Crippen LogP contribution in [0.1, 0.15) is 32.6 Å². The molecule has 0 unspecified atom stereocenters. The van der Waals surface area contributed by atoms with Crippen molar-refractivity contribution in [3.8, 4) is 11.5 Å². The van der Waals surface area contributed by atoms with Crippen LogP contribution >= 0.6 is 0 Å². The number of ether oxygens (including phenoxy) is 2. The maximum atomic E-state index is 11.9. The lowest BCUT2D eigenvalue weighted by atomic mass is 9.86. The highest BCUT2D eigenvalue weighted by molar-refractivity contribution is 7.89. The minimum atomic E-state index is -3.19. The second-order valence-corrected chi connectivity index (χ2v) is 8.90. The Hall–Kier alpha value is -1.79. The highest BCUT2D eigenvalue weighted by Gasteiger charge is 2.28. The van der Waals surface area contributed by atoms with Gasteiger partial charge in [0.05, 0.1) is 19.5 Å². The predicted molar refractivity (Wildman–Crippen MR) is 104 cm³/mol. The zero-order valence-corrected chi connectivity index (χ0v) is 16.2. The molecule has 6 heteroatoms. The van der Waals surface area contributed by atoms with Gasteiger partial charge in [0.15, 0.2) is 0 Å². The van der Waals surface area contributed by atoms with Crippen LogP contribution in [0.4, 0.5) is 0 Å². The van der Waals surface area contributed by atoms with Crippen LogP contribution < -0.4 is 14.2 Å². The molecule has 0 bridgehead atoms. The summed E-state index contributed by atoms with van der Waals surface area (Å²) >= 11 is 0. The molecule has 0 aromatic heterocycles. The molecule has 1 fully saturated rings. The number of hydrogen-bond donors (Lipinski definition) is 1. The molecule has 3 rings (SSSR count). The molecule has 1 aliphatic carbocycles. The Kier molecular flexibility index (Phi) is 6.04. The first-order valence-corrected chi connectivity index (χ1v) is 10.9. The third-order valence-electron chi connectivity index (χ3n) is 5.10. The molecule has 0 radical (unpaired) electrons. The molecule has 0 heterocycles. The van der Waals surface area contributed by atoms with Gasteiger partial charge in [-0.2, -0.15) is 0 Å². The van der Waals surface area contributed by atoms with Gasteiger partial charge < -0.3 is 9.47 Å². The Morgan fingerprint density at radius 1 is 1.04 bits per heavy atom. The highest BCUT2D eigenvalue weighted by atomic mass is 32.2. The summed E-state index contributed by atoms with van der Waals surface area (Å²) in [6.07, 6.45) is 4.05. The van der Waals surface area contributed by atoms with Gasteiger partial charge in [-0.05, 0) is 54.8 Å². The first kappa shape index (κ1) is 19.0. The van der Waals surface area contributed by atoms with Crippen LogP contribution in [0, 0.1) is 5.92 Å². The molecule has 2 aromatic rings. The molecule has 0 aliphatic heterocycles. The number of fused-ring (bicyclic) bond motifs is 1. The van der Waals surface area contributed by atoms with Crippen LogP contribution in [0.25, 0.3) is 10.8 Å². The van der Waals surface area contributed by atoms with Gasteiger partial charge in [-0.25, -0.2) is 13.1 Å². The smallest absolute Gasteiger partial charge is 0.211 e. The molecular weight excluding hydrogens is 350 g/mol. The third kappa shape index (κ3) is 4.68. The lowest BCUT2D eigenvalue weighted by Gasteiger charge is -2.31. The molecule has 0 amide bonds. The largest absolute Gasteiger partial charge is 0.497 e. The van der Waals surface area contributed by atoms with Gasteiger partial charge in [-0.1, -0.05) is 25.0 Å². The highest BCUT2D eigenvalue weighted by Crippen LogP contribution is 2.28. The fourth-order valence-corrected chi connectivity index (χ4v) is 4.44. The van der Waals surface area contributed by atoms with E-state index >= 15 is 0 Å². The summed E-state index contributed by atoms with van der Waals surface area (Å²) in [4.78, 5) is 0. The van der Waals surface area contributed by atoms with Gasteiger partial charge in [-0.15, -0.1) is 0 Å². The van der Waals surface area contributed by atoms with Crippen LogP contribution in [-0.4, -0.2) is 33.9 Å². The van der Waals surface area contributed by atoms with Crippen molar-refractivity contribution in [3.63, 3.8) is 0 Å². The van der Waals surface area contributed by atoms with Crippen molar-refractivity contribution in [2.45, 2.75) is 38.6 Å². The summed E-state index contributed by atoms with van der Waals surface area (Å²) in [6.45, 7) is 2.19. The van der Waals surface area contributed by atoms with E-state index in [0.717, 1.165) is 48.0 Å². The Morgan fingerprint density at radius 2 is 1.69 bits per heavy atom. The second-order valence-electron chi connectivity index (χ2n) is 6.86. The molecule has 1 saturated carbocycles. The average Bonchev–Trinajstić information content (AvgIpc) is 2.66. The molecule has 2 atom stereocenters. The maximum absolute atomic E-state index is 11.9. The van der Waals surface area contributed by atoms with Crippen molar-refractivity contribution in [1.82, 2.24) is 4.72 Å². The van der Waals surface area contributed by atoms with Gasteiger partial charge in [-0.3, -0.25) is 0 Å². The van der Waals surface area contributed by atoms with E-state index in [4.69, 9.17) is 9.47 Å². The van der Waals surface area contributed by atoms with Gasteiger partial charge in [0.1, 0.15) is 11.5 Å². The van der Waals surface area contributed by atoms with Crippen molar-refractivity contribution in [1.29, 1.82) is 0 Å². The van der Waals surface area contributed by atoms with Gasteiger partial charge >= 0.3 is 0 Å². The van der Waals surface area contributed by atoms with E-state index in [1.807, 2.05) is 36.4 Å². The van der Waals surface area contributed by atoms with Crippen molar-refractivity contribution >= 4 is 20.8 Å². The normalized spacial score (nSPS) is 20.8. The van der Waals surface area contributed by atoms with Crippen molar-refractivity contribution in [2.75, 3.05) is 19.5 Å². The Balaban J connectivity index is 1.67. The third-order valence-corrected chi connectivity index (χ3v) is 6.52. The number of hydrogen-bond acceptors (Lipinski definition) is 4. The number of rotatable bonds is 7. The summed E-state index contributed by atoms with van der Waals surface area (Å²) in [7, 11) is -1.53. The summed E-state index contributed by atoms with van der Waals surface area (Å²) in [5.41, 5.74) is 0. The number of benzene rings is 2. The second kappa shape index (κ2) is 8.27. The van der Waals surface area contributed by atoms with E-state index in [0.29, 0.717) is 6.61 Å². The number of sulfonamides is 1. The fraction of sp³-hybridized carbons (Fsp3) is 0.500. The van der Waals surface area contributed by atoms with E-state index < -0.39 is 10.0 Å². The van der Waals surface area contributed by atoms with Gasteiger partial charge in [0.25, 0.3) is 0 Å². The maximum Gasteiger partial charge on any atom is 0.211 e. The zero-order chi connectivity index (χ0) is 18.6. The Bertz CT molecular complexity index is 850. The fourth-order valence-electron chi connectivity index (χ4n) is 3.50. The van der Waals surface area contributed by atoms with Crippen LogP contribution in [0.2, 0.25) is 0 Å². The van der Waals surface area contributed by atoms with Crippen LogP contribution in [0.3, 0.4) is 0 Å². The zero-order valence-electron chi connectivity index (χ0n) is 15.4. The van der Waals surface area contributed by atoms with E-state index in [-0.39, 0.29) is 17.7 Å². The SMILES string of the molecule is CCS(=O)(=O)N[C@H]1CCCC[C@@H]1COc1ccc2cc(OC)ccc2c1. The molecule has 5 nitrogen and oxygen atoms in total. The molecule has 0 spiro atoms. The summed E-state index contributed by atoms with van der Waals surface area (Å²) in [5.74, 6) is 1.96. The van der Waals surface area contributed by atoms with E-state index in [1.54, 1.807) is 14.0 Å². The van der Waals surface area contributed by atoms with Crippen LogP contribution in [0.15, 0.2) is 36.4 Å². The lowest BCUT2D eigenvalue weighted by molar-refractivity contribution is 0.180. The first-order chi connectivity index (χ1) is 12.5. The minimum Gasteiger partial charge on any atom is -0.497 e. The topological polar surface area (TPSA) is 64.6 Å². The monoisotopic (exact) mass is 377 g/mol. The summed E-state index contributed by atoms with van der Waals surface area (Å²) in [6, 6.07) is 11.9. The minimum absolute atomic E-state index is 0.0292. The van der Waals surface area contributed by atoms with E-state index in [2.05, 4.69) is 4.72 Å². The molecular formula is C20H27NO4S. The molecule has 1 N–H and O–H groups in total. The van der Waals surface area contributed by atoms with Gasteiger partial charge in [0.2, 0.25) is 10.0 Å². The van der Waals surface area contributed by atoms with Crippen molar-refractivity contribution in [3.05, 3.63) is 36.4 Å². The lowest BCUT2D eigenvalue weighted by Crippen LogP contribution is -2.44. The summed E-state index contributed by atoms with van der Waals surface area (Å²) in [5, 5.41) is 2.19.